The summed E-state index contributed by atoms with van der Waals surface area (Å²) in [6, 6.07) is 5.93. The first kappa shape index (κ1) is 20.5. The fourth-order valence-electron chi connectivity index (χ4n) is 2.38. The predicted octanol–water partition coefficient (Wildman–Crippen LogP) is 1.37. The third-order valence-corrected chi connectivity index (χ3v) is 3.50. The number of hydrogen-bond donors (Lipinski definition) is 2. The number of amides is 5. The van der Waals surface area contributed by atoms with Crippen molar-refractivity contribution < 1.29 is 14.4 Å². The van der Waals surface area contributed by atoms with Crippen LogP contribution >= 0.6 is 0 Å². The molecule has 1 aromatic carbocycles. The number of anilines is 1. The molecular formula is C16H23N4NaO3. The summed E-state index contributed by atoms with van der Waals surface area (Å²) in [6.07, 6.45) is -0.836. The van der Waals surface area contributed by atoms with Gasteiger partial charge in [0.1, 0.15) is 0 Å². The van der Waals surface area contributed by atoms with E-state index < -0.39 is 18.4 Å². The summed E-state index contributed by atoms with van der Waals surface area (Å²) < 4.78 is 0. The van der Waals surface area contributed by atoms with E-state index in [4.69, 9.17) is 0 Å². The van der Waals surface area contributed by atoms with Crippen LogP contribution in [0.2, 0.25) is 0 Å². The molecule has 0 unspecified atom stereocenters. The second kappa shape index (κ2) is 8.50. The van der Waals surface area contributed by atoms with Gasteiger partial charge in [-0.15, -0.1) is 0 Å². The first-order chi connectivity index (χ1) is 10.8. The minimum absolute atomic E-state index is 0. The molecule has 0 aromatic heterocycles. The van der Waals surface area contributed by atoms with Gasteiger partial charge in [-0.25, -0.2) is 14.5 Å². The molecule has 126 valence electrons. The molecule has 1 aromatic rings. The summed E-state index contributed by atoms with van der Waals surface area (Å²) in [5.74, 6) is -0.00378. The van der Waals surface area contributed by atoms with Gasteiger partial charge in [-0.05, 0) is 25.0 Å². The molecule has 7 nitrogen and oxygen atoms in total. The van der Waals surface area contributed by atoms with Gasteiger partial charge >= 0.3 is 41.6 Å². The molecular weight excluding hydrogens is 319 g/mol. The van der Waals surface area contributed by atoms with E-state index in [1.54, 1.807) is 12.1 Å². The zero-order valence-corrected chi connectivity index (χ0v) is 13.8. The zero-order valence-electron chi connectivity index (χ0n) is 13.8. The molecule has 5 amide bonds. The Hall–Kier alpha value is -1.57. The molecule has 0 atom stereocenters. The van der Waals surface area contributed by atoms with Crippen molar-refractivity contribution in [3.63, 3.8) is 0 Å². The van der Waals surface area contributed by atoms with Crippen LogP contribution in [0.3, 0.4) is 0 Å². The standard InChI is InChI=1S/C16H22N4O3.Na.H/c1-10(2)9-19(12(4)21)14-17-15(22)20(16(23)18-14)13-7-5-11(3)6-8-13;;/h5-8,10,14H,9H2,1-4H3,(H,17,22)(H,18,23);;. The van der Waals surface area contributed by atoms with Crippen LogP contribution in [0.1, 0.15) is 26.3 Å². The average Bonchev–Trinajstić information content (AvgIpc) is 2.45. The SMILES string of the molecule is CC(=O)N(CC(C)C)C1NC(=O)N(c2ccc(C)cc2)C(=O)N1.[NaH]. The fourth-order valence-corrected chi connectivity index (χ4v) is 2.38. The van der Waals surface area contributed by atoms with Gasteiger partial charge in [0.2, 0.25) is 5.91 Å². The summed E-state index contributed by atoms with van der Waals surface area (Å²) in [5.41, 5.74) is 1.51. The summed E-state index contributed by atoms with van der Waals surface area (Å²) in [6.45, 7) is 7.69. The van der Waals surface area contributed by atoms with Crippen molar-refractivity contribution in [3.8, 4) is 0 Å². The van der Waals surface area contributed by atoms with Crippen LogP contribution in [-0.2, 0) is 4.79 Å². The molecule has 1 saturated heterocycles. The maximum absolute atomic E-state index is 12.3. The van der Waals surface area contributed by atoms with E-state index in [1.807, 2.05) is 32.9 Å². The first-order valence-corrected chi connectivity index (χ1v) is 7.54. The zero-order chi connectivity index (χ0) is 17.1. The van der Waals surface area contributed by atoms with Crippen LogP contribution in [0.4, 0.5) is 15.3 Å². The number of carbonyl (C=O) groups is 3. The van der Waals surface area contributed by atoms with Crippen molar-refractivity contribution in [1.29, 1.82) is 0 Å². The molecule has 0 spiro atoms. The number of carbonyl (C=O) groups excluding carboxylic acids is 3. The summed E-state index contributed by atoms with van der Waals surface area (Å²) in [5, 5.41) is 5.31. The number of nitrogens with zero attached hydrogens (tertiary/aromatic N) is 2. The van der Waals surface area contributed by atoms with Crippen molar-refractivity contribution in [2.75, 3.05) is 11.4 Å². The Balaban J connectivity index is 0.00000288. The van der Waals surface area contributed by atoms with Crippen molar-refractivity contribution in [3.05, 3.63) is 29.8 Å². The normalized spacial score (nSPS) is 14.8. The van der Waals surface area contributed by atoms with Crippen LogP contribution in [0.5, 0.6) is 0 Å². The van der Waals surface area contributed by atoms with Crippen LogP contribution in [0, 0.1) is 12.8 Å². The van der Waals surface area contributed by atoms with Gasteiger partial charge in [-0.3, -0.25) is 15.4 Å². The molecule has 2 N–H and O–H groups in total. The Morgan fingerprint density at radius 3 is 2.08 bits per heavy atom. The number of imide groups is 1. The molecule has 0 radical (unpaired) electrons. The first-order valence-electron chi connectivity index (χ1n) is 7.54. The van der Waals surface area contributed by atoms with E-state index in [2.05, 4.69) is 10.6 Å². The van der Waals surface area contributed by atoms with Gasteiger partial charge in [0.25, 0.3) is 0 Å². The summed E-state index contributed by atoms with van der Waals surface area (Å²) in [4.78, 5) is 38.9. The topological polar surface area (TPSA) is 81.8 Å². The Morgan fingerprint density at radius 2 is 1.67 bits per heavy atom. The van der Waals surface area contributed by atoms with E-state index >= 15 is 0 Å². The van der Waals surface area contributed by atoms with Gasteiger partial charge in [-0.2, -0.15) is 0 Å². The minimum atomic E-state index is -0.836. The van der Waals surface area contributed by atoms with Gasteiger partial charge in [0.15, 0.2) is 6.29 Å². The Bertz CT molecular complexity index is 600. The Labute approximate surface area is 164 Å². The van der Waals surface area contributed by atoms with Gasteiger partial charge in [0.05, 0.1) is 5.69 Å². The predicted molar refractivity (Wildman–Crippen MR) is 93.9 cm³/mol. The molecule has 1 heterocycles. The van der Waals surface area contributed by atoms with E-state index in [9.17, 15) is 14.4 Å². The number of benzene rings is 1. The average molecular weight is 342 g/mol. The van der Waals surface area contributed by atoms with Crippen LogP contribution in [0.15, 0.2) is 24.3 Å². The fraction of sp³-hybridized carbons (Fsp3) is 0.438. The molecule has 8 heteroatoms. The van der Waals surface area contributed by atoms with E-state index in [1.165, 1.54) is 11.8 Å². The van der Waals surface area contributed by atoms with Crippen molar-refractivity contribution >= 4 is 53.2 Å². The van der Waals surface area contributed by atoms with Crippen molar-refractivity contribution in [2.45, 2.75) is 34.0 Å². The summed E-state index contributed by atoms with van der Waals surface area (Å²) in [7, 11) is 0. The van der Waals surface area contributed by atoms with Crippen molar-refractivity contribution in [1.82, 2.24) is 15.5 Å². The van der Waals surface area contributed by atoms with Crippen LogP contribution in [-0.4, -0.2) is 65.3 Å². The van der Waals surface area contributed by atoms with Crippen LogP contribution < -0.4 is 15.5 Å². The molecule has 2 rings (SSSR count). The number of rotatable bonds is 4. The molecule has 0 aliphatic carbocycles. The molecule has 0 saturated carbocycles. The third-order valence-electron chi connectivity index (χ3n) is 3.50. The second-order valence-electron chi connectivity index (χ2n) is 6.04. The molecule has 24 heavy (non-hydrogen) atoms. The van der Waals surface area contributed by atoms with Gasteiger partial charge < -0.3 is 4.90 Å². The Morgan fingerprint density at radius 1 is 1.17 bits per heavy atom. The molecule has 1 aliphatic heterocycles. The molecule has 1 fully saturated rings. The van der Waals surface area contributed by atoms with E-state index in [0.29, 0.717) is 12.2 Å². The third kappa shape index (κ3) is 4.72. The van der Waals surface area contributed by atoms with Crippen LogP contribution in [0.25, 0.3) is 0 Å². The molecule has 0 bridgehead atoms. The van der Waals surface area contributed by atoms with E-state index in [-0.39, 0.29) is 41.4 Å². The maximum atomic E-state index is 12.3. The quantitative estimate of drug-likeness (QED) is 0.811. The summed E-state index contributed by atoms with van der Waals surface area (Å²) >= 11 is 0. The number of urea groups is 2. The Kier molecular flexibility index (Phi) is 7.26. The van der Waals surface area contributed by atoms with Gasteiger partial charge in [-0.1, -0.05) is 31.5 Å². The number of aryl methyl sites for hydroxylation is 1. The van der Waals surface area contributed by atoms with E-state index in [0.717, 1.165) is 10.5 Å². The number of nitrogens with one attached hydrogen (secondary N) is 2. The second-order valence-corrected chi connectivity index (χ2v) is 6.04. The van der Waals surface area contributed by atoms with Gasteiger partial charge in [0, 0.05) is 13.5 Å². The van der Waals surface area contributed by atoms with Crippen molar-refractivity contribution in [2.24, 2.45) is 5.92 Å². The molecule has 1 aliphatic rings. The monoisotopic (exact) mass is 342 g/mol. The number of hydrogen-bond acceptors (Lipinski definition) is 3.